The van der Waals surface area contributed by atoms with E-state index < -0.39 is 0 Å². The quantitative estimate of drug-likeness (QED) is 0.439. The number of fused-ring (bicyclic) bond motifs is 1. The van der Waals surface area contributed by atoms with E-state index in [-0.39, 0.29) is 17.5 Å². The molecule has 0 saturated carbocycles. The fraction of sp³-hybridized carbons (Fsp3) is 0.143. The van der Waals surface area contributed by atoms with Crippen LogP contribution in [0.1, 0.15) is 0 Å². The summed E-state index contributed by atoms with van der Waals surface area (Å²) in [6, 6.07) is 14.7. The molecule has 2 aromatic heterocycles. The van der Waals surface area contributed by atoms with Crippen LogP contribution in [-0.4, -0.2) is 45.7 Å². The lowest BCUT2D eigenvalue weighted by Crippen LogP contribution is -2.15. The molecule has 0 aliphatic carbocycles. The number of hydrogen-bond acceptors (Lipinski definition) is 7. The number of methoxy groups -OCH3 is 2. The van der Waals surface area contributed by atoms with Crippen molar-refractivity contribution in [2.24, 2.45) is 0 Å². The molecule has 4 aromatic rings. The molecule has 0 atom stereocenters. The van der Waals surface area contributed by atoms with Crippen molar-refractivity contribution in [2.45, 2.75) is 5.03 Å². The van der Waals surface area contributed by atoms with E-state index in [9.17, 15) is 9.18 Å². The lowest BCUT2D eigenvalue weighted by Gasteiger charge is -2.11. The average Bonchev–Trinajstić information content (AvgIpc) is 3.21. The number of nitrogens with zero attached hydrogens (tertiary/aromatic N) is 4. The van der Waals surface area contributed by atoms with Gasteiger partial charge in [0, 0.05) is 11.6 Å². The zero-order valence-electron chi connectivity index (χ0n) is 16.7. The molecule has 0 radical (unpaired) electrons. The molecule has 0 bridgehead atoms. The highest BCUT2D eigenvalue weighted by Crippen LogP contribution is 2.29. The maximum absolute atomic E-state index is 13.6. The van der Waals surface area contributed by atoms with Gasteiger partial charge in [0.05, 0.1) is 25.7 Å². The summed E-state index contributed by atoms with van der Waals surface area (Å²) in [4.78, 5) is 12.4. The zero-order valence-corrected chi connectivity index (χ0v) is 17.5. The predicted molar refractivity (Wildman–Crippen MR) is 115 cm³/mol. The number of halogens is 1. The molecule has 2 heterocycles. The van der Waals surface area contributed by atoms with Gasteiger partial charge in [0.25, 0.3) is 0 Å². The minimum absolute atomic E-state index is 0.130. The normalized spacial score (nSPS) is 10.8. The molecule has 8 nitrogen and oxygen atoms in total. The Morgan fingerprint density at radius 2 is 1.97 bits per heavy atom. The van der Waals surface area contributed by atoms with Crippen molar-refractivity contribution in [2.75, 3.05) is 25.3 Å². The summed E-state index contributed by atoms with van der Waals surface area (Å²) in [6.45, 7) is 0. The van der Waals surface area contributed by atoms with Crippen molar-refractivity contribution in [1.82, 2.24) is 19.8 Å². The van der Waals surface area contributed by atoms with E-state index in [0.717, 1.165) is 0 Å². The van der Waals surface area contributed by atoms with E-state index >= 15 is 0 Å². The molecule has 31 heavy (non-hydrogen) atoms. The summed E-state index contributed by atoms with van der Waals surface area (Å²) in [7, 11) is 3.08. The van der Waals surface area contributed by atoms with Gasteiger partial charge in [-0.25, -0.2) is 4.39 Å². The van der Waals surface area contributed by atoms with E-state index in [4.69, 9.17) is 9.47 Å². The number of thioether (sulfide) groups is 1. The van der Waals surface area contributed by atoms with E-state index in [2.05, 4.69) is 20.6 Å². The highest BCUT2D eigenvalue weighted by atomic mass is 32.2. The standard InChI is InChI=1S/C21H18FN5O3S/c1-29-15-6-7-16(17(11-15)30-2)23-19(28)12-31-20-9-8-18-24-25-21(27(18)26-20)13-4-3-5-14(22)10-13/h3-11H,12H2,1-2H3,(H,23,28). The van der Waals surface area contributed by atoms with Crippen molar-refractivity contribution in [3.05, 3.63) is 60.4 Å². The largest absolute Gasteiger partial charge is 0.497 e. The number of ether oxygens (including phenoxy) is 2. The van der Waals surface area contributed by atoms with Crippen LogP contribution in [0, 0.1) is 5.82 Å². The molecule has 4 rings (SSSR count). The van der Waals surface area contributed by atoms with Gasteiger partial charge in [0.2, 0.25) is 5.91 Å². The Morgan fingerprint density at radius 3 is 2.74 bits per heavy atom. The first-order valence-corrected chi connectivity index (χ1v) is 10.2. The third-order valence-electron chi connectivity index (χ3n) is 4.36. The summed E-state index contributed by atoms with van der Waals surface area (Å²) < 4.78 is 25.6. The molecule has 1 N–H and O–H groups in total. The first-order valence-electron chi connectivity index (χ1n) is 9.20. The summed E-state index contributed by atoms with van der Waals surface area (Å²) in [5.41, 5.74) is 1.63. The number of aromatic nitrogens is 4. The van der Waals surface area contributed by atoms with Gasteiger partial charge in [-0.15, -0.1) is 10.2 Å². The van der Waals surface area contributed by atoms with Gasteiger partial charge < -0.3 is 14.8 Å². The molecule has 10 heteroatoms. The van der Waals surface area contributed by atoms with E-state index in [1.807, 2.05) is 0 Å². The fourth-order valence-electron chi connectivity index (χ4n) is 2.88. The van der Waals surface area contributed by atoms with Crippen LogP contribution in [0.15, 0.2) is 59.6 Å². The Balaban J connectivity index is 1.48. The van der Waals surface area contributed by atoms with Crippen LogP contribution < -0.4 is 14.8 Å². The minimum atomic E-state index is -0.370. The third kappa shape index (κ3) is 4.58. The smallest absolute Gasteiger partial charge is 0.234 e. The molecule has 0 fully saturated rings. The van der Waals surface area contributed by atoms with Crippen molar-refractivity contribution >= 4 is 29.0 Å². The molecule has 0 saturated heterocycles. The van der Waals surface area contributed by atoms with Gasteiger partial charge >= 0.3 is 0 Å². The van der Waals surface area contributed by atoms with Crippen LogP contribution in [0.4, 0.5) is 10.1 Å². The number of anilines is 1. The van der Waals surface area contributed by atoms with E-state index in [0.29, 0.717) is 39.2 Å². The Hall–Kier alpha value is -3.66. The molecule has 0 spiro atoms. The van der Waals surface area contributed by atoms with Gasteiger partial charge in [-0.2, -0.15) is 9.61 Å². The predicted octanol–water partition coefficient (Wildman–Crippen LogP) is 3.68. The highest BCUT2D eigenvalue weighted by Gasteiger charge is 2.13. The van der Waals surface area contributed by atoms with E-state index in [1.54, 1.807) is 49.6 Å². The average molecular weight is 439 g/mol. The summed E-state index contributed by atoms with van der Waals surface area (Å²) in [5, 5.41) is 16.1. The molecule has 0 unspecified atom stereocenters. The third-order valence-corrected chi connectivity index (χ3v) is 5.28. The Bertz CT molecular complexity index is 1250. The lowest BCUT2D eigenvalue weighted by molar-refractivity contribution is -0.113. The number of nitrogens with one attached hydrogen (secondary N) is 1. The van der Waals surface area contributed by atoms with Crippen LogP contribution >= 0.6 is 11.8 Å². The Kier molecular flexibility index (Phi) is 5.99. The lowest BCUT2D eigenvalue weighted by atomic mass is 10.2. The Labute approximate surface area is 181 Å². The second kappa shape index (κ2) is 9.00. The van der Waals surface area contributed by atoms with Crippen LogP contribution in [-0.2, 0) is 4.79 Å². The summed E-state index contributed by atoms with van der Waals surface area (Å²) in [6.07, 6.45) is 0. The number of hydrogen-bond donors (Lipinski definition) is 1. The summed E-state index contributed by atoms with van der Waals surface area (Å²) >= 11 is 1.26. The van der Waals surface area contributed by atoms with Crippen molar-refractivity contribution in [3.8, 4) is 22.9 Å². The number of rotatable bonds is 7. The maximum atomic E-state index is 13.6. The first kappa shape index (κ1) is 20.6. The van der Waals surface area contributed by atoms with Crippen molar-refractivity contribution < 1.29 is 18.7 Å². The van der Waals surface area contributed by atoms with Crippen LogP contribution in [0.2, 0.25) is 0 Å². The summed E-state index contributed by atoms with van der Waals surface area (Å²) in [5.74, 6) is 1.09. The number of benzene rings is 2. The molecular formula is C21H18FN5O3S. The molecule has 1 amide bonds. The van der Waals surface area contributed by atoms with Crippen LogP contribution in [0.5, 0.6) is 11.5 Å². The van der Waals surface area contributed by atoms with Gasteiger partial charge in [0.15, 0.2) is 11.5 Å². The Morgan fingerprint density at radius 1 is 1.10 bits per heavy atom. The van der Waals surface area contributed by atoms with E-state index in [1.165, 1.54) is 35.5 Å². The maximum Gasteiger partial charge on any atom is 0.234 e. The van der Waals surface area contributed by atoms with Gasteiger partial charge in [0.1, 0.15) is 22.3 Å². The van der Waals surface area contributed by atoms with Crippen molar-refractivity contribution in [1.29, 1.82) is 0 Å². The second-order valence-electron chi connectivity index (χ2n) is 6.38. The molecule has 158 valence electrons. The number of carbonyl (C=O) groups excluding carboxylic acids is 1. The first-order chi connectivity index (χ1) is 15.1. The monoisotopic (exact) mass is 439 g/mol. The molecule has 2 aromatic carbocycles. The van der Waals surface area contributed by atoms with Gasteiger partial charge in [-0.3, -0.25) is 4.79 Å². The second-order valence-corrected chi connectivity index (χ2v) is 7.37. The number of carbonyl (C=O) groups is 1. The molecular weight excluding hydrogens is 421 g/mol. The van der Waals surface area contributed by atoms with Gasteiger partial charge in [-0.05, 0) is 36.4 Å². The van der Waals surface area contributed by atoms with Gasteiger partial charge in [-0.1, -0.05) is 23.9 Å². The highest BCUT2D eigenvalue weighted by molar-refractivity contribution is 7.99. The number of amides is 1. The SMILES string of the molecule is COc1ccc(NC(=O)CSc2ccc3nnc(-c4cccc(F)c4)n3n2)c(OC)c1. The fourth-order valence-corrected chi connectivity index (χ4v) is 3.54. The molecule has 0 aliphatic heterocycles. The zero-order chi connectivity index (χ0) is 21.8. The molecule has 0 aliphatic rings. The topological polar surface area (TPSA) is 90.6 Å². The van der Waals surface area contributed by atoms with Crippen LogP contribution in [0.3, 0.4) is 0 Å². The minimum Gasteiger partial charge on any atom is -0.497 e. The van der Waals surface area contributed by atoms with Crippen LogP contribution in [0.25, 0.3) is 17.0 Å². The van der Waals surface area contributed by atoms with Crippen molar-refractivity contribution in [3.63, 3.8) is 0 Å².